The molecule has 0 aliphatic heterocycles. The summed E-state index contributed by atoms with van der Waals surface area (Å²) in [6.45, 7) is -2.35. The van der Waals surface area contributed by atoms with E-state index < -0.39 is 6.98 Å². The Morgan fingerprint density at radius 2 is 1.78 bits per heavy atom. The maximum atomic E-state index is 12.6. The van der Waals surface area contributed by atoms with Gasteiger partial charge in [0.15, 0.2) is 0 Å². The van der Waals surface area contributed by atoms with Gasteiger partial charge in [-0.15, -0.1) is 0 Å². The van der Waals surface area contributed by atoms with Crippen molar-refractivity contribution < 1.29 is 8.91 Å². The topological polar surface area (TPSA) is 32.3 Å². The van der Waals surface area contributed by atoms with Crippen molar-refractivity contribution in [3.63, 3.8) is 0 Å². The quantitative estimate of drug-likeness (QED) is 0.898. The molecular weight excluding hydrogens is 224 g/mol. The number of nitrogens with zero attached hydrogens (tertiary/aromatic N) is 1. The number of benzene rings is 2. The average molecular weight is 243 g/mol. The second kappa shape index (κ2) is 5.36. The number of hydrogen-bond donors (Lipinski definition) is 1. The molecule has 0 saturated heterocycles. The lowest BCUT2D eigenvalue weighted by Gasteiger charge is -2.19. The molecule has 0 bridgehead atoms. The number of carbonyl (C=O) groups excluding carboxylic acids is 1. The van der Waals surface area contributed by atoms with E-state index in [9.17, 15) is 4.79 Å². The smallest absolute Gasteiger partial charge is 0.260 e. The first-order valence-electron chi connectivity index (χ1n) is 7.09. The molecule has 0 radical (unpaired) electrons. The van der Waals surface area contributed by atoms with Crippen LogP contribution in [0.1, 0.15) is 14.5 Å². The molecule has 0 unspecified atom stereocenters. The Labute approximate surface area is 111 Å². The zero-order valence-electron chi connectivity index (χ0n) is 13.1. The third kappa shape index (κ3) is 2.35. The SMILES string of the molecule is [2H]C([2H])([2H])Nc1ccccc1C(=O)N(C)c1ccccc1. The fourth-order valence-corrected chi connectivity index (χ4v) is 1.73. The van der Waals surface area contributed by atoms with Gasteiger partial charge in [0, 0.05) is 29.5 Å². The van der Waals surface area contributed by atoms with Crippen LogP contribution in [0.15, 0.2) is 54.6 Å². The standard InChI is InChI=1S/C15H16N2O/c1-16-14-11-7-6-10-13(14)15(18)17(2)12-8-4-3-5-9-12/h3-11,16H,1-2H3/i1D3. The van der Waals surface area contributed by atoms with Crippen molar-refractivity contribution in [2.45, 2.75) is 0 Å². The highest BCUT2D eigenvalue weighted by atomic mass is 16.2. The van der Waals surface area contributed by atoms with Crippen LogP contribution in [0, 0.1) is 0 Å². The lowest BCUT2D eigenvalue weighted by molar-refractivity contribution is 0.0994. The molecule has 0 aliphatic rings. The molecule has 2 aromatic carbocycles. The predicted octanol–water partition coefficient (Wildman–Crippen LogP) is 3.00. The van der Waals surface area contributed by atoms with E-state index in [-0.39, 0.29) is 5.91 Å². The van der Waals surface area contributed by atoms with Crippen molar-refractivity contribution in [2.24, 2.45) is 0 Å². The second-order valence-corrected chi connectivity index (χ2v) is 3.87. The highest BCUT2D eigenvalue weighted by Crippen LogP contribution is 2.19. The number of anilines is 2. The van der Waals surface area contributed by atoms with Crippen LogP contribution in [0.3, 0.4) is 0 Å². The second-order valence-electron chi connectivity index (χ2n) is 3.87. The molecule has 92 valence electrons. The van der Waals surface area contributed by atoms with Crippen LogP contribution in [0.5, 0.6) is 0 Å². The van der Waals surface area contributed by atoms with Crippen molar-refractivity contribution in [1.82, 2.24) is 0 Å². The van der Waals surface area contributed by atoms with E-state index in [2.05, 4.69) is 5.32 Å². The Morgan fingerprint density at radius 3 is 2.50 bits per heavy atom. The highest BCUT2D eigenvalue weighted by molar-refractivity contribution is 6.09. The van der Waals surface area contributed by atoms with Crippen molar-refractivity contribution in [3.05, 3.63) is 60.2 Å². The third-order valence-corrected chi connectivity index (χ3v) is 2.74. The molecule has 0 atom stereocenters. The summed E-state index contributed by atoms with van der Waals surface area (Å²) in [7, 11) is 1.66. The van der Waals surface area contributed by atoms with Crippen molar-refractivity contribution >= 4 is 17.3 Å². The molecule has 3 heteroatoms. The van der Waals surface area contributed by atoms with Gasteiger partial charge in [-0.25, -0.2) is 0 Å². The molecule has 3 nitrogen and oxygen atoms in total. The first kappa shape index (κ1) is 8.75. The number of rotatable bonds is 3. The van der Waals surface area contributed by atoms with Crippen LogP contribution in [0.4, 0.5) is 11.4 Å². The van der Waals surface area contributed by atoms with Crippen LogP contribution in [0.2, 0.25) is 0 Å². The summed E-state index contributed by atoms with van der Waals surface area (Å²) in [4.78, 5) is 14.0. The Hall–Kier alpha value is -2.29. The van der Waals surface area contributed by atoms with Crippen LogP contribution in [-0.2, 0) is 0 Å². The van der Waals surface area contributed by atoms with Gasteiger partial charge in [0.1, 0.15) is 0 Å². The number of para-hydroxylation sites is 2. The molecule has 18 heavy (non-hydrogen) atoms. The minimum atomic E-state index is -2.35. The fraction of sp³-hybridized carbons (Fsp3) is 0.133. The molecule has 1 N–H and O–H groups in total. The Morgan fingerprint density at radius 1 is 1.11 bits per heavy atom. The summed E-state index contributed by atoms with van der Waals surface area (Å²) in [5.41, 5.74) is 1.36. The van der Waals surface area contributed by atoms with Crippen molar-refractivity contribution in [3.8, 4) is 0 Å². The first-order valence-corrected chi connectivity index (χ1v) is 5.59. The lowest BCUT2D eigenvalue weighted by Crippen LogP contribution is -2.26. The minimum absolute atomic E-state index is 0.270. The lowest BCUT2D eigenvalue weighted by atomic mass is 10.1. The molecule has 0 saturated carbocycles. The number of hydrogen-bond acceptors (Lipinski definition) is 2. The van der Waals surface area contributed by atoms with Crippen molar-refractivity contribution in [1.29, 1.82) is 0 Å². The van der Waals surface area contributed by atoms with E-state index in [4.69, 9.17) is 4.11 Å². The minimum Gasteiger partial charge on any atom is -0.387 e. The van der Waals surface area contributed by atoms with Crippen LogP contribution >= 0.6 is 0 Å². The molecule has 0 spiro atoms. The molecular formula is C15H16N2O. The summed E-state index contributed by atoms with van der Waals surface area (Å²) >= 11 is 0. The van der Waals surface area contributed by atoms with Gasteiger partial charge in [-0.2, -0.15) is 0 Å². The first-order chi connectivity index (χ1) is 9.88. The molecule has 0 aliphatic carbocycles. The fourth-order valence-electron chi connectivity index (χ4n) is 1.73. The summed E-state index contributed by atoms with van der Waals surface area (Å²) in [5.74, 6) is -0.270. The van der Waals surface area contributed by atoms with E-state index in [0.29, 0.717) is 11.3 Å². The van der Waals surface area contributed by atoms with Crippen LogP contribution < -0.4 is 10.2 Å². The normalized spacial score (nSPS) is 13.1. The number of nitrogens with one attached hydrogen (secondary N) is 1. The molecule has 2 rings (SSSR count). The largest absolute Gasteiger partial charge is 0.387 e. The third-order valence-electron chi connectivity index (χ3n) is 2.74. The zero-order valence-corrected chi connectivity index (χ0v) is 10.1. The molecule has 0 heterocycles. The highest BCUT2D eigenvalue weighted by Gasteiger charge is 2.15. The van der Waals surface area contributed by atoms with Gasteiger partial charge in [-0.1, -0.05) is 30.3 Å². The Kier molecular flexibility index (Phi) is 2.61. The zero-order chi connectivity index (χ0) is 15.5. The van der Waals surface area contributed by atoms with Gasteiger partial charge in [-0.3, -0.25) is 4.79 Å². The maximum absolute atomic E-state index is 12.6. The van der Waals surface area contributed by atoms with E-state index in [1.165, 1.54) is 4.90 Å². The van der Waals surface area contributed by atoms with Gasteiger partial charge in [0.05, 0.1) is 5.56 Å². The number of amides is 1. The van der Waals surface area contributed by atoms with E-state index in [0.717, 1.165) is 5.69 Å². The van der Waals surface area contributed by atoms with Gasteiger partial charge in [0.2, 0.25) is 0 Å². The Bertz CT molecular complexity index is 626. The molecule has 0 aromatic heterocycles. The molecule has 2 aromatic rings. The van der Waals surface area contributed by atoms with Gasteiger partial charge in [0.25, 0.3) is 5.91 Å². The van der Waals surface area contributed by atoms with Gasteiger partial charge >= 0.3 is 0 Å². The predicted molar refractivity (Wildman–Crippen MR) is 75.2 cm³/mol. The van der Waals surface area contributed by atoms with Gasteiger partial charge in [-0.05, 0) is 24.3 Å². The summed E-state index contributed by atoms with van der Waals surface area (Å²) in [6, 6.07) is 15.8. The summed E-state index contributed by atoms with van der Waals surface area (Å²) in [6.07, 6.45) is 0. The summed E-state index contributed by atoms with van der Waals surface area (Å²) in [5, 5.41) is 2.39. The average Bonchev–Trinajstić information content (AvgIpc) is 2.45. The molecule has 0 fully saturated rings. The van der Waals surface area contributed by atoms with Crippen LogP contribution in [-0.4, -0.2) is 19.9 Å². The summed E-state index contributed by atoms with van der Waals surface area (Å²) < 4.78 is 21.8. The maximum Gasteiger partial charge on any atom is 0.260 e. The van der Waals surface area contributed by atoms with E-state index in [1.807, 2.05) is 30.3 Å². The Balaban J connectivity index is 2.31. The van der Waals surface area contributed by atoms with E-state index >= 15 is 0 Å². The van der Waals surface area contributed by atoms with Crippen LogP contribution in [0.25, 0.3) is 0 Å². The van der Waals surface area contributed by atoms with E-state index in [1.54, 1.807) is 31.3 Å². The van der Waals surface area contributed by atoms with Crippen molar-refractivity contribution in [2.75, 3.05) is 24.2 Å². The monoisotopic (exact) mass is 243 g/mol. The molecule has 1 amide bonds. The van der Waals surface area contributed by atoms with Gasteiger partial charge < -0.3 is 10.2 Å². The number of carbonyl (C=O) groups is 1.